The number of oxime groups is 1. The fourth-order valence-corrected chi connectivity index (χ4v) is 4.66. The van der Waals surface area contributed by atoms with E-state index in [4.69, 9.17) is 9.57 Å². The van der Waals surface area contributed by atoms with E-state index < -0.39 is 5.72 Å². The zero-order valence-electron chi connectivity index (χ0n) is 19.2. The maximum absolute atomic E-state index is 13.5. The Morgan fingerprint density at radius 2 is 2.00 bits per heavy atom. The third-order valence-electron chi connectivity index (χ3n) is 6.37. The first-order chi connectivity index (χ1) is 16.5. The van der Waals surface area contributed by atoms with Gasteiger partial charge in [-0.1, -0.05) is 17.3 Å². The van der Waals surface area contributed by atoms with Crippen LogP contribution in [0.1, 0.15) is 29.7 Å². The predicted octanol–water partition coefficient (Wildman–Crippen LogP) is 4.87. The lowest BCUT2D eigenvalue weighted by Crippen LogP contribution is -2.51. The van der Waals surface area contributed by atoms with Gasteiger partial charge in [-0.15, -0.1) is 0 Å². The van der Waals surface area contributed by atoms with Crippen molar-refractivity contribution in [1.82, 2.24) is 9.88 Å². The minimum atomic E-state index is -1.15. The quantitative estimate of drug-likeness (QED) is 0.590. The van der Waals surface area contributed by atoms with E-state index >= 15 is 0 Å². The second-order valence-electron chi connectivity index (χ2n) is 8.53. The van der Waals surface area contributed by atoms with Gasteiger partial charge in [0.1, 0.15) is 18.2 Å². The zero-order valence-corrected chi connectivity index (χ0v) is 19.2. The van der Waals surface area contributed by atoms with Crippen molar-refractivity contribution in [3.8, 4) is 16.9 Å². The molecule has 2 aliphatic rings. The maximum atomic E-state index is 13.5. The summed E-state index contributed by atoms with van der Waals surface area (Å²) in [6.45, 7) is 2.34. The van der Waals surface area contributed by atoms with E-state index in [1.165, 1.54) is 12.1 Å². The topological polar surface area (TPSA) is 67.2 Å². The highest BCUT2D eigenvalue weighted by molar-refractivity contribution is 6.03. The van der Waals surface area contributed by atoms with Gasteiger partial charge in [0.05, 0.1) is 7.11 Å². The van der Waals surface area contributed by atoms with Crippen LogP contribution in [-0.2, 0) is 10.6 Å². The number of piperidine rings is 1. The highest BCUT2D eigenvalue weighted by Gasteiger charge is 2.49. The Labute approximate surface area is 198 Å². The number of pyridine rings is 1. The lowest BCUT2D eigenvalue weighted by Gasteiger charge is -2.38. The number of rotatable bonds is 5. The molecule has 0 bridgehead atoms. The number of aromatic nitrogens is 1. The van der Waals surface area contributed by atoms with Gasteiger partial charge in [-0.05, 0) is 85.0 Å². The van der Waals surface area contributed by atoms with Crippen molar-refractivity contribution in [3.63, 3.8) is 0 Å². The maximum Gasteiger partial charge on any atom is 0.260 e. The van der Waals surface area contributed by atoms with Gasteiger partial charge in [-0.3, -0.25) is 4.98 Å². The Morgan fingerprint density at radius 1 is 1.18 bits per heavy atom. The molecule has 0 amide bonds. The summed E-state index contributed by atoms with van der Waals surface area (Å²) >= 11 is 0. The molecule has 5 rings (SSSR count). The van der Waals surface area contributed by atoms with Crippen molar-refractivity contribution >= 4 is 11.9 Å². The second kappa shape index (κ2) is 8.91. The highest BCUT2D eigenvalue weighted by Crippen LogP contribution is 2.40. The van der Waals surface area contributed by atoms with Gasteiger partial charge < -0.3 is 19.6 Å². The molecule has 1 atom stereocenters. The summed E-state index contributed by atoms with van der Waals surface area (Å²) in [4.78, 5) is 12.1. The first-order valence-electron chi connectivity index (χ1n) is 11.3. The molecule has 1 saturated heterocycles. The molecule has 1 unspecified atom stereocenters. The molecule has 0 radical (unpaired) electrons. The molecule has 34 heavy (non-hydrogen) atoms. The molecule has 3 heterocycles. The van der Waals surface area contributed by atoms with E-state index in [0.29, 0.717) is 17.9 Å². The van der Waals surface area contributed by atoms with Crippen LogP contribution in [0.5, 0.6) is 5.75 Å². The fraction of sp³-hybridized carbons (Fsp3) is 0.259. The minimum absolute atomic E-state index is 0.299. The monoisotopic (exact) mass is 459 g/mol. The molecule has 0 spiro atoms. The van der Waals surface area contributed by atoms with Crippen molar-refractivity contribution < 1.29 is 19.1 Å². The molecule has 0 aliphatic carbocycles. The lowest BCUT2D eigenvalue weighted by molar-refractivity contribution is -0.137. The Bertz CT molecular complexity index is 1270. The highest BCUT2D eigenvalue weighted by atomic mass is 19.1. The number of amidine groups is 1. The molecule has 174 valence electrons. The van der Waals surface area contributed by atoms with E-state index in [0.717, 1.165) is 46.5 Å². The molecule has 0 saturated carbocycles. The van der Waals surface area contributed by atoms with Gasteiger partial charge in [0.15, 0.2) is 5.84 Å². The van der Waals surface area contributed by atoms with Gasteiger partial charge in [0, 0.05) is 29.6 Å². The molecule has 1 aromatic heterocycles. The molecular weight excluding hydrogens is 433 g/mol. The Balaban J connectivity index is 1.47. The number of ether oxygens (including phenoxy) is 1. The average Bonchev–Trinajstić information content (AvgIpc) is 3.25. The summed E-state index contributed by atoms with van der Waals surface area (Å²) in [5.41, 5.74) is 4.50. The van der Waals surface area contributed by atoms with E-state index in [2.05, 4.69) is 22.3 Å². The van der Waals surface area contributed by atoms with Crippen LogP contribution in [0.3, 0.4) is 0 Å². The molecule has 1 fully saturated rings. The van der Waals surface area contributed by atoms with E-state index in [1.807, 2.05) is 36.1 Å². The van der Waals surface area contributed by atoms with Crippen molar-refractivity contribution in [2.45, 2.75) is 25.5 Å². The molecule has 1 N–H and O–H groups in total. The first-order valence-corrected chi connectivity index (χ1v) is 11.3. The average molecular weight is 460 g/mol. The number of hydrogen-bond donors (Lipinski definition) is 1. The van der Waals surface area contributed by atoms with Crippen LogP contribution in [0, 0.1) is 12.7 Å². The zero-order chi connectivity index (χ0) is 23.7. The summed E-state index contributed by atoms with van der Waals surface area (Å²) in [6.07, 6.45) is 5.58. The van der Waals surface area contributed by atoms with Crippen LogP contribution >= 0.6 is 0 Å². The number of fused-ring (bicyclic) bond motifs is 1. The summed E-state index contributed by atoms with van der Waals surface area (Å²) in [7, 11) is 1.67. The number of aryl methyl sites for hydroxylation is 1. The second-order valence-corrected chi connectivity index (χ2v) is 8.53. The van der Waals surface area contributed by atoms with Gasteiger partial charge in [0.2, 0.25) is 0 Å². The fourth-order valence-electron chi connectivity index (χ4n) is 4.66. The SMILES string of the molecule is COc1cc(C=C2CCCN3C2=NOC3(CO)c2ccc(F)cc2)ccc1-c1ccnc(C)c1. The van der Waals surface area contributed by atoms with Crippen molar-refractivity contribution in [2.75, 3.05) is 20.3 Å². The van der Waals surface area contributed by atoms with Crippen molar-refractivity contribution in [1.29, 1.82) is 0 Å². The number of aliphatic hydroxyl groups is 1. The normalized spacial score (nSPS) is 20.6. The Hall–Kier alpha value is -3.71. The van der Waals surface area contributed by atoms with Gasteiger partial charge in [-0.2, -0.15) is 0 Å². The number of nitrogens with zero attached hydrogens (tertiary/aromatic N) is 3. The van der Waals surface area contributed by atoms with Gasteiger partial charge >= 0.3 is 0 Å². The van der Waals surface area contributed by atoms with Crippen LogP contribution in [0.2, 0.25) is 0 Å². The van der Waals surface area contributed by atoms with Crippen LogP contribution in [-0.4, -0.2) is 41.1 Å². The molecular formula is C27H26FN3O3. The summed E-state index contributed by atoms with van der Waals surface area (Å²) in [5.74, 6) is 1.13. The Morgan fingerprint density at radius 3 is 2.74 bits per heavy atom. The molecule has 7 heteroatoms. The molecule has 3 aromatic rings. The van der Waals surface area contributed by atoms with E-state index in [-0.39, 0.29) is 12.4 Å². The van der Waals surface area contributed by atoms with Crippen LogP contribution in [0.4, 0.5) is 4.39 Å². The third kappa shape index (κ3) is 3.82. The van der Waals surface area contributed by atoms with Gasteiger partial charge in [0.25, 0.3) is 5.72 Å². The molecule has 2 aromatic carbocycles. The van der Waals surface area contributed by atoms with Crippen LogP contribution < -0.4 is 4.74 Å². The van der Waals surface area contributed by atoms with Crippen molar-refractivity contribution in [3.05, 3.63) is 89.0 Å². The van der Waals surface area contributed by atoms with Gasteiger partial charge in [-0.25, -0.2) is 4.39 Å². The summed E-state index contributed by atoms with van der Waals surface area (Å²) in [5, 5.41) is 14.7. The predicted molar refractivity (Wildman–Crippen MR) is 129 cm³/mol. The molecule has 6 nitrogen and oxygen atoms in total. The Kier molecular flexibility index (Phi) is 5.79. The number of methoxy groups -OCH3 is 1. The third-order valence-corrected chi connectivity index (χ3v) is 6.37. The lowest BCUT2D eigenvalue weighted by atomic mass is 9.94. The minimum Gasteiger partial charge on any atom is -0.496 e. The van der Waals surface area contributed by atoms with Crippen molar-refractivity contribution in [2.24, 2.45) is 5.16 Å². The van der Waals surface area contributed by atoms with Crippen LogP contribution in [0.25, 0.3) is 17.2 Å². The standard InChI is InChI=1S/C27H26FN3O3/c1-18-14-20(11-12-29-18)24-10-5-19(16-25(24)33-2)15-21-4-3-13-31-26(21)30-34-27(31,17-32)22-6-8-23(28)9-7-22/h5-12,14-16,32H,3-4,13,17H2,1-2H3. The number of benzene rings is 2. The van der Waals surface area contributed by atoms with Crippen LogP contribution in [0.15, 0.2) is 71.5 Å². The number of hydrogen-bond acceptors (Lipinski definition) is 6. The number of halogens is 1. The first kappa shape index (κ1) is 22.1. The smallest absolute Gasteiger partial charge is 0.260 e. The molecule has 2 aliphatic heterocycles. The number of aliphatic hydroxyl groups excluding tert-OH is 1. The van der Waals surface area contributed by atoms with E-state index in [9.17, 15) is 9.50 Å². The largest absolute Gasteiger partial charge is 0.496 e. The summed E-state index contributed by atoms with van der Waals surface area (Å²) < 4.78 is 19.2. The summed E-state index contributed by atoms with van der Waals surface area (Å²) in [6, 6.07) is 16.1. The van der Waals surface area contributed by atoms with E-state index in [1.54, 1.807) is 25.4 Å².